The van der Waals surface area contributed by atoms with Gasteiger partial charge >= 0.3 is 0 Å². The molecule has 2 aliphatic rings. The van der Waals surface area contributed by atoms with Crippen LogP contribution in [0.4, 0.5) is 0 Å². The molecule has 1 aromatic carbocycles. The number of likely N-dealkylation sites (tertiary alicyclic amines) is 1. The molecule has 5 rings (SSSR count). The van der Waals surface area contributed by atoms with Crippen LogP contribution < -0.4 is 4.74 Å². The molecule has 1 aliphatic carbocycles. The molecule has 6 nitrogen and oxygen atoms in total. The van der Waals surface area contributed by atoms with Crippen molar-refractivity contribution in [2.24, 2.45) is 0 Å². The summed E-state index contributed by atoms with van der Waals surface area (Å²) in [6.45, 7) is 5.21. The molecule has 0 saturated carbocycles. The second kappa shape index (κ2) is 8.46. The standard InChI is InChI=1S/C24H27N3O3S/c1-15(2)29-19-9-7-16(8-10-19)13-27-14-18(12-22(27)28)23-25-24(30-26-23)21-11-17-5-3-4-6-20(17)31-21/h7-11,15,18H,3-6,12-14H2,1-2H3. The molecular formula is C24H27N3O3S. The summed E-state index contributed by atoms with van der Waals surface area (Å²) < 4.78 is 11.3. The minimum Gasteiger partial charge on any atom is -0.491 e. The number of hydrogen-bond donors (Lipinski definition) is 0. The maximum absolute atomic E-state index is 12.6. The summed E-state index contributed by atoms with van der Waals surface area (Å²) in [5, 5.41) is 4.22. The molecule has 1 aliphatic heterocycles. The van der Waals surface area contributed by atoms with Crippen LogP contribution in [0.25, 0.3) is 10.8 Å². The summed E-state index contributed by atoms with van der Waals surface area (Å²) in [6.07, 6.45) is 5.38. The van der Waals surface area contributed by atoms with Crippen LogP contribution in [0, 0.1) is 0 Å². The first-order valence-corrected chi connectivity index (χ1v) is 11.9. The monoisotopic (exact) mass is 437 g/mol. The van der Waals surface area contributed by atoms with Gasteiger partial charge in [0.2, 0.25) is 5.91 Å². The lowest BCUT2D eigenvalue weighted by Gasteiger charge is -2.17. The summed E-state index contributed by atoms with van der Waals surface area (Å²) in [5.74, 6) is 2.17. The summed E-state index contributed by atoms with van der Waals surface area (Å²) in [4.78, 5) is 21.6. The van der Waals surface area contributed by atoms with Gasteiger partial charge < -0.3 is 14.2 Å². The van der Waals surface area contributed by atoms with E-state index in [0.29, 0.717) is 31.2 Å². The molecule has 3 heterocycles. The Labute approximate surface area is 186 Å². The van der Waals surface area contributed by atoms with Crippen LogP contribution in [-0.4, -0.2) is 33.6 Å². The summed E-state index contributed by atoms with van der Waals surface area (Å²) >= 11 is 1.77. The molecule has 0 bridgehead atoms. The van der Waals surface area contributed by atoms with Crippen molar-refractivity contribution in [2.75, 3.05) is 6.54 Å². The summed E-state index contributed by atoms with van der Waals surface area (Å²) in [7, 11) is 0. The van der Waals surface area contributed by atoms with Crippen LogP contribution in [0.3, 0.4) is 0 Å². The van der Waals surface area contributed by atoms with Crippen molar-refractivity contribution in [1.29, 1.82) is 0 Å². The number of carbonyl (C=O) groups excluding carboxylic acids is 1. The topological polar surface area (TPSA) is 68.5 Å². The predicted molar refractivity (Wildman–Crippen MR) is 119 cm³/mol. The normalized spacial score (nSPS) is 18.6. The Kier molecular flexibility index (Phi) is 5.52. The highest BCUT2D eigenvalue weighted by Crippen LogP contribution is 2.36. The van der Waals surface area contributed by atoms with Gasteiger partial charge in [0.25, 0.3) is 5.89 Å². The fourth-order valence-electron chi connectivity index (χ4n) is 4.36. The number of hydrogen-bond acceptors (Lipinski definition) is 6. The van der Waals surface area contributed by atoms with E-state index in [-0.39, 0.29) is 17.9 Å². The third kappa shape index (κ3) is 4.37. The Hall–Kier alpha value is -2.67. The molecule has 0 spiro atoms. The number of aryl methyl sites for hydroxylation is 2. The SMILES string of the molecule is CC(C)Oc1ccc(CN2CC(c3noc(-c4cc5c(s4)CCCC5)n3)CC2=O)cc1. The number of fused-ring (bicyclic) bond motifs is 1. The third-order valence-electron chi connectivity index (χ3n) is 5.90. The predicted octanol–water partition coefficient (Wildman–Crippen LogP) is 4.98. The van der Waals surface area contributed by atoms with Gasteiger partial charge in [-0.25, -0.2) is 0 Å². The van der Waals surface area contributed by atoms with Crippen LogP contribution in [0.2, 0.25) is 0 Å². The van der Waals surface area contributed by atoms with E-state index in [9.17, 15) is 4.79 Å². The van der Waals surface area contributed by atoms with Gasteiger partial charge in [-0.2, -0.15) is 4.98 Å². The minimum atomic E-state index is -0.0249. The van der Waals surface area contributed by atoms with Gasteiger partial charge in [0.05, 0.1) is 11.0 Å². The van der Waals surface area contributed by atoms with E-state index >= 15 is 0 Å². The van der Waals surface area contributed by atoms with E-state index in [0.717, 1.165) is 29.0 Å². The second-order valence-corrected chi connectivity index (χ2v) is 9.85. The molecule has 1 saturated heterocycles. The number of thiophene rings is 1. The second-order valence-electron chi connectivity index (χ2n) is 8.71. The first-order valence-electron chi connectivity index (χ1n) is 11.0. The number of rotatable bonds is 6. The van der Waals surface area contributed by atoms with Gasteiger partial charge in [-0.1, -0.05) is 17.3 Å². The Morgan fingerprint density at radius 1 is 1.23 bits per heavy atom. The van der Waals surface area contributed by atoms with E-state index < -0.39 is 0 Å². The van der Waals surface area contributed by atoms with Crippen LogP contribution in [0.5, 0.6) is 5.75 Å². The van der Waals surface area contributed by atoms with Gasteiger partial charge in [-0.3, -0.25) is 4.79 Å². The Morgan fingerprint density at radius 3 is 2.81 bits per heavy atom. The van der Waals surface area contributed by atoms with Crippen LogP contribution in [0.1, 0.15) is 60.9 Å². The average Bonchev–Trinajstić information content (AvgIpc) is 3.47. The van der Waals surface area contributed by atoms with Gasteiger partial charge in [0.15, 0.2) is 5.82 Å². The molecule has 1 unspecified atom stereocenters. The van der Waals surface area contributed by atoms with Crippen molar-refractivity contribution < 1.29 is 14.1 Å². The first-order chi connectivity index (χ1) is 15.0. The lowest BCUT2D eigenvalue weighted by Crippen LogP contribution is -2.24. The lowest BCUT2D eigenvalue weighted by atomic mass is 9.99. The third-order valence-corrected chi connectivity index (χ3v) is 7.12. The molecule has 0 N–H and O–H groups in total. The van der Waals surface area contributed by atoms with Crippen molar-refractivity contribution in [1.82, 2.24) is 15.0 Å². The van der Waals surface area contributed by atoms with Crippen molar-refractivity contribution in [3.05, 3.63) is 52.2 Å². The summed E-state index contributed by atoms with van der Waals surface area (Å²) in [5.41, 5.74) is 2.51. The number of amides is 1. The maximum atomic E-state index is 12.6. The Bertz CT molecular complexity index is 1050. The van der Waals surface area contributed by atoms with Gasteiger partial charge in [-0.05, 0) is 68.9 Å². The quantitative estimate of drug-likeness (QED) is 0.544. The molecule has 3 aromatic rings. The highest BCUT2D eigenvalue weighted by Gasteiger charge is 2.34. The average molecular weight is 438 g/mol. The van der Waals surface area contributed by atoms with Gasteiger partial charge in [0.1, 0.15) is 5.75 Å². The Morgan fingerprint density at radius 2 is 2.03 bits per heavy atom. The molecule has 2 aromatic heterocycles. The number of nitrogens with zero attached hydrogens (tertiary/aromatic N) is 3. The molecule has 0 radical (unpaired) electrons. The minimum absolute atomic E-state index is 0.0249. The zero-order chi connectivity index (χ0) is 21.4. The molecule has 1 fully saturated rings. The Balaban J connectivity index is 1.24. The molecule has 1 atom stereocenters. The van der Waals surface area contributed by atoms with E-state index in [1.807, 2.05) is 43.0 Å². The smallest absolute Gasteiger partial charge is 0.268 e. The molecule has 31 heavy (non-hydrogen) atoms. The zero-order valence-electron chi connectivity index (χ0n) is 18.0. The zero-order valence-corrected chi connectivity index (χ0v) is 18.8. The summed E-state index contributed by atoms with van der Waals surface area (Å²) in [6, 6.07) is 10.2. The maximum Gasteiger partial charge on any atom is 0.268 e. The van der Waals surface area contributed by atoms with Crippen molar-refractivity contribution in [2.45, 2.75) is 64.5 Å². The van der Waals surface area contributed by atoms with Gasteiger partial charge in [-0.15, -0.1) is 11.3 Å². The number of ether oxygens (including phenoxy) is 1. The number of benzene rings is 1. The van der Waals surface area contributed by atoms with E-state index in [2.05, 4.69) is 16.2 Å². The van der Waals surface area contributed by atoms with E-state index in [4.69, 9.17) is 9.26 Å². The first kappa shape index (κ1) is 20.2. The van der Waals surface area contributed by atoms with E-state index in [1.54, 1.807) is 11.3 Å². The highest BCUT2D eigenvalue weighted by atomic mass is 32.1. The van der Waals surface area contributed by atoms with Crippen molar-refractivity contribution in [3.63, 3.8) is 0 Å². The van der Waals surface area contributed by atoms with Crippen LogP contribution >= 0.6 is 11.3 Å². The number of aromatic nitrogens is 2. The van der Waals surface area contributed by atoms with Gasteiger partial charge in [0, 0.05) is 30.3 Å². The molecule has 7 heteroatoms. The van der Waals surface area contributed by atoms with Crippen LogP contribution in [0.15, 0.2) is 34.9 Å². The van der Waals surface area contributed by atoms with Crippen molar-refractivity contribution in [3.8, 4) is 16.5 Å². The lowest BCUT2D eigenvalue weighted by molar-refractivity contribution is -0.128. The highest BCUT2D eigenvalue weighted by molar-refractivity contribution is 7.15. The molecule has 162 valence electrons. The number of carbonyl (C=O) groups is 1. The largest absolute Gasteiger partial charge is 0.491 e. The van der Waals surface area contributed by atoms with Crippen LogP contribution in [-0.2, 0) is 24.2 Å². The molecule has 1 amide bonds. The van der Waals surface area contributed by atoms with E-state index in [1.165, 1.54) is 23.3 Å². The van der Waals surface area contributed by atoms with Crippen molar-refractivity contribution >= 4 is 17.2 Å². The molecular weight excluding hydrogens is 410 g/mol. The fraction of sp³-hybridized carbons (Fsp3) is 0.458. The fourth-order valence-corrected chi connectivity index (χ4v) is 5.54.